The zero-order valence-corrected chi connectivity index (χ0v) is 11.7. The lowest BCUT2D eigenvalue weighted by Crippen LogP contribution is -2.08. The second-order valence-corrected chi connectivity index (χ2v) is 5.75. The first kappa shape index (κ1) is 12.7. The average Bonchev–Trinajstić information content (AvgIpc) is 2.90. The van der Waals surface area contributed by atoms with Crippen molar-refractivity contribution in [3.8, 4) is 0 Å². The molecule has 1 aliphatic carbocycles. The van der Waals surface area contributed by atoms with Crippen molar-refractivity contribution in [2.24, 2.45) is 5.73 Å². The molecule has 1 aliphatic rings. The van der Waals surface area contributed by atoms with Gasteiger partial charge in [-0.3, -0.25) is 0 Å². The van der Waals surface area contributed by atoms with Crippen LogP contribution in [0, 0.1) is 0 Å². The topological polar surface area (TPSA) is 54.7 Å². The van der Waals surface area contributed by atoms with Crippen molar-refractivity contribution in [1.82, 2.24) is 9.97 Å². The van der Waals surface area contributed by atoms with Gasteiger partial charge in [0, 0.05) is 12.0 Å². The molecule has 1 atom stereocenters. The molecular formula is C16H23N3. The van der Waals surface area contributed by atoms with E-state index >= 15 is 0 Å². The van der Waals surface area contributed by atoms with Crippen molar-refractivity contribution in [2.45, 2.75) is 57.4 Å². The Balaban J connectivity index is 1.91. The molecule has 0 saturated heterocycles. The molecule has 102 valence electrons. The van der Waals surface area contributed by atoms with Crippen molar-refractivity contribution in [3.63, 3.8) is 0 Å². The normalized spacial score (nSPS) is 18.8. The Labute approximate surface area is 114 Å². The van der Waals surface area contributed by atoms with E-state index in [4.69, 9.17) is 10.7 Å². The van der Waals surface area contributed by atoms with Gasteiger partial charge in [0.05, 0.1) is 11.0 Å². The molecule has 1 aromatic heterocycles. The molecule has 3 N–H and O–H groups in total. The molecule has 1 aromatic carbocycles. The van der Waals surface area contributed by atoms with E-state index in [1.807, 2.05) is 0 Å². The Kier molecular flexibility index (Phi) is 3.56. The monoisotopic (exact) mass is 257 g/mol. The van der Waals surface area contributed by atoms with Crippen LogP contribution in [0.5, 0.6) is 0 Å². The molecule has 0 aliphatic heterocycles. The van der Waals surface area contributed by atoms with Crippen LogP contribution in [0.3, 0.4) is 0 Å². The highest BCUT2D eigenvalue weighted by Gasteiger charge is 2.19. The third-order valence-electron chi connectivity index (χ3n) is 4.38. The molecule has 3 nitrogen and oxygen atoms in total. The predicted molar refractivity (Wildman–Crippen MR) is 79.1 cm³/mol. The summed E-state index contributed by atoms with van der Waals surface area (Å²) in [7, 11) is 0. The minimum Gasteiger partial charge on any atom is -0.342 e. The molecule has 0 radical (unpaired) electrons. The van der Waals surface area contributed by atoms with E-state index in [1.165, 1.54) is 43.5 Å². The van der Waals surface area contributed by atoms with E-state index in [-0.39, 0.29) is 6.04 Å². The van der Waals surface area contributed by atoms with Crippen LogP contribution >= 0.6 is 0 Å². The molecule has 3 heteroatoms. The largest absolute Gasteiger partial charge is 0.342 e. The fourth-order valence-corrected chi connectivity index (χ4v) is 3.08. The molecular weight excluding hydrogens is 234 g/mol. The van der Waals surface area contributed by atoms with E-state index in [2.05, 4.69) is 30.1 Å². The Hall–Kier alpha value is -1.35. The molecule has 19 heavy (non-hydrogen) atoms. The summed E-state index contributed by atoms with van der Waals surface area (Å²) in [5.41, 5.74) is 9.52. The first-order valence-corrected chi connectivity index (χ1v) is 7.53. The fourth-order valence-electron chi connectivity index (χ4n) is 3.08. The lowest BCUT2D eigenvalue weighted by Gasteiger charge is -2.18. The standard InChI is InChI=1S/C16H23N3/c1-2-13(17)12-8-9-14-15(10-12)19-16(18-14)11-6-4-3-5-7-11/h8-11,13H,2-7,17H2,1H3,(H,18,19). The maximum absolute atomic E-state index is 6.10. The molecule has 1 unspecified atom stereocenters. The van der Waals surface area contributed by atoms with Gasteiger partial charge in [0.1, 0.15) is 5.82 Å². The van der Waals surface area contributed by atoms with Gasteiger partial charge in [-0.25, -0.2) is 4.98 Å². The molecule has 1 fully saturated rings. The summed E-state index contributed by atoms with van der Waals surface area (Å²) in [6.45, 7) is 2.12. The van der Waals surface area contributed by atoms with Crippen molar-refractivity contribution in [1.29, 1.82) is 0 Å². The highest BCUT2D eigenvalue weighted by molar-refractivity contribution is 5.76. The van der Waals surface area contributed by atoms with Crippen LogP contribution in [0.4, 0.5) is 0 Å². The van der Waals surface area contributed by atoms with E-state index in [1.54, 1.807) is 0 Å². The number of fused-ring (bicyclic) bond motifs is 1. The predicted octanol–water partition coefficient (Wildman–Crippen LogP) is 4.02. The summed E-state index contributed by atoms with van der Waals surface area (Å²) in [5, 5.41) is 0. The van der Waals surface area contributed by atoms with E-state index in [0.717, 1.165) is 17.5 Å². The van der Waals surface area contributed by atoms with Crippen LogP contribution in [0.15, 0.2) is 18.2 Å². The van der Waals surface area contributed by atoms with Gasteiger partial charge < -0.3 is 10.7 Å². The van der Waals surface area contributed by atoms with Crippen LogP contribution in [0.2, 0.25) is 0 Å². The molecule has 0 bridgehead atoms. The zero-order chi connectivity index (χ0) is 13.2. The van der Waals surface area contributed by atoms with E-state index in [0.29, 0.717) is 5.92 Å². The third kappa shape index (κ3) is 2.52. The molecule has 1 heterocycles. The summed E-state index contributed by atoms with van der Waals surface area (Å²) in [6, 6.07) is 6.51. The second-order valence-electron chi connectivity index (χ2n) is 5.75. The smallest absolute Gasteiger partial charge is 0.110 e. The number of hydrogen-bond donors (Lipinski definition) is 2. The minimum atomic E-state index is 0.130. The highest BCUT2D eigenvalue weighted by Crippen LogP contribution is 2.32. The van der Waals surface area contributed by atoms with E-state index in [9.17, 15) is 0 Å². The van der Waals surface area contributed by atoms with Gasteiger partial charge >= 0.3 is 0 Å². The maximum atomic E-state index is 6.10. The Morgan fingerprint density at radius 1 is 1.32 bits per heavy atom. The minimum absolute atomic E-state index is 0.130. The number of nitrogens with zero attached hydrogens (tertiary/aromatic N) is 1. The van der Waals surface area contributed by atoms with Crippen molar-refractivity contribution in [2.75, 3.05) is 0 Å². The van der Waals surface area contributed by atoms with Crippen molar-refractivity contribution >= 4 is 11.0 Å². The van der Waals surface area contributed by atoms with Crippen LogP contribution in [-0.2, 0) is 0 Å². The summed E-state index contributed by atoms with van der Waals surface area (Å²) in [5.74, 6) is 1.81. The van der Waals surface area contributed by atoms with Gasteiger partial charge in [0.15, 0.2) is 0 Å². The number of H-pyrrole nitrogens is 1. The third-order valence-corrected chi connectivity index (χ3v) is 4.38. The van der Waals surface area contributed by atoms with Crippen molar-refractivity contribution < 1.29 is 0 Å². The first-order valence-electron chi connectivity index (χ1n) is 7.53. The first-order chi connectivity index (χ1) is 9.28. The number of aromatic nitrogens is 2. The van der Waals surface area contributed by atoms with E-state index < -0.39 is 0 Å². The number of nitrogens with one attached hydrogen (secondary N) is 1. The van der Waals surface area contributed by atoms with Crippen molar-refractivity contribution in [3.05, 3.63) is 29.6 Å². The van der Waals surface area contributed by atoms with Crippen LogP contribution in [0.25, 0.3) is 11.0 Å². The summed E-state index contributed by atoms with van der Waals surface area (Å²) < 4.78 is 0. The van der Waals surface area contributed by atoms with Crippen LogP contribution in [0.1, 0.15) is 68.8 Å². The van der Waals surface area contributed by atoms with Gasteiger partial charge in [0.25, 0.3) is 0 Å². The molecule has 2 aromatic rings. The second kappa shape index (κ2) is 5.33. The molecule has 3 rings (SSSR count). The number of hydrogen-bond acceptors (Lipinski definition) is 2. The zero-order valence-electron chi connectivity index (χ0n) is 11.7. The van der Waals surface area contributed by atoms with Crippen LogP contribution < -0.4 is 5.73 Å². The van der Waals surface area contributed by atoms with Gasteiger partial charge in [-0.1, -0.05) is 32.3 Å². The summed E-state index contributed by atoms with van der Waals surface area (Å²) in [6.07, 6.45) is 7.59. The highest BCUT2D eigenvalue weighted by atomic mass is 14.9. The molecule has 1 saturated carbocycles. The Morgan fingerprint density at radius 2 is 2.11 bits per heavy atom. The number of rotatable bonds is 3. The fraction of sp³-hybridized carbons (Fsp3) is 0.562. The molecule has 0 spiro atoms. The summed E-state index contributed by atoms with van der Waals surface area (Å²) >= 11 is 0. The van der Waals surface area contributed by atoms with Gasteiger partial charge in [-0.2, -0.15) is 0 Å². The quantitative estimate of drug-likeness (QED) is 0.872. The lowest BCUT2D eigenvalue weighted by molar-refractivity contribution is 0.431. The Bertz CT molecular complexity index is 552. The SMILES string of the molecule is CCC(N)c1ccc2nc(C3CCCCC3)[nH]c2c1. The molecule has 0 amide bonds. The summed E-state index contributed by atoms with van der Waals surface area (Å²) in [4.78, 5) is 8.28. The van der Waals surface area contributed by atoms with Crippen LogP contribution in [-0.4, -0.2) is 9.97 Å². The van der Waals surface area contributed by atoms with Gasteiger partial charge in [-0.05, 0) is 37.0 Å². The maximum Gasteiger partial charge on any atom is 0.110 e. The van der Waals surface area contributed by atoms with Gasteiger partial charge in [-0.15, -0.1) is 0 Å². The Morgan fingerprint density at radius 3 is 2.84 bits per heavy atom. The van der Waals surface area contributed by atoms with Gasteiger partial charge in [0.2, 0.25) is 0 Å². The number of benzene rings is 1. The average molecular weight is 257 g/mol. The number of aromatic amines is 1. The number of imidazole rings is 1. The number of nitrogens with two attached hydrogens (primary N) is 1. The lowest BCUT2D eigenvalue weighted by atomic mass is 9.89.